The van der Waals surface area contributed by atoms with Gasteiger partial charge >= 0.3 is 0 Å². The first-order chi connectivity index (χ1) is 8.40. The molecule has 18 heavy (non-hydrogen) atoms. The van der Waals surface area contributed by atoms with Gasteiger partial charge in [-0.1, -0.05) is 6.92 Å². The molecule has 0 aliphatic rings. The molecule has 0 aromatic carbocycles. The Balaban J connectivity index is 3.21. The number of halogens is 1. The smallest absolute Gasteiger partial charge is 0.273 e. The van der Waals surface area contributed by atoms with Crippen molar-refractivity contribution in [2.45, 2.75) is 53.1 Å². The van der Waals surface area contributed by atoms with E-state index in [1.54, 1.807) is 6.20 Å². The minimum Gasteiger partial charge on any atom is -0.332 e. The largest absolute Gasteiger partial charge is 0.332 e. The summed E-state index contributed by atoms with van der Waals surface area (Å²) in [6.07, 6.45) is 2.55. The summed E-state index contributed by atoms with van der Waals surface area (Å²) in [5.41, 5.74) is 1.65. The van der Waals surface area contributed by atoms with Crippen molar-refractivity contribution in [2.24, 2.45) is 0 Å². The number of carbonyl (C=O) groups excluding carboxylic acids is 1. The first kappa shape index (κ1) is 15.4. The van der Waals surface area contributed by atoms with Crippen LogP contribution in [-0.2, 0) is 6.42 Å². The van der Waals surface area contributed by atoms with Gasteiger partial charge in [-0.25, -0.2) is 0 Å². The van der Waals surface area contributed by atoms with Crippen LogP contribution in [0.4, 0.5) is 0 Å². The summed E-state index contributed by atoms with van der Waals surface area (Å²) >= 11 is 2.27. The van der Waals surface area contributed by atoms with Crippen LogP contribution in [0.25, 0.3) is 0 Å². The van der Waals surface area contributed by atoms with Gasteiger partial charge in [0.25, 0.3) is 5.91 Å². The Kier molecular flexibility index (Phi) is 5.56. The summed E-state index contributed by atoms with van der Waals surface area (Å²) < 4.78 is 1.11. The summed E-state index contributed by atoms with van der Waals surface area (Å²) in [5, 5.41) is 0. The fourth-order valence-corrected chi connectivity index (χ4v) is 2.97. The topological polar surface area (TPSA) is 33.2 Å². The number of amides is 1. The molecule has 0 saturated carbocycles. The first-order valence-electron chi connectivity index (χ1n) is 6.36. The van der Waals surface area contributed by atoms with Crippen LogP contribution in [0.5, 0.6) is 0 Å². The lowest BCUT2D eigenvalue weighted by Gasteiger charge is -2.31. The highest BCUT2D eigenvalue weighted by Gasteiger charge is 2.25. The lowest BCUT2D eigenvalue weighted by Crippen LogP contribution is -2.42. The molecular weight excluding hydrogens is 339 g/mol. The summed E-state index contributed by atoms with van der Waals surface area (Å²) in [6.45, 7) is 10.2. The van der Waals surface area contributed by atoms with E-state index >= 15 is 0 Å². The molecule has 100 valence electrons. The molecule has 1 rings (SSSR count). The molecule has 4 heteroatoms. The lowest BCUT2D eigenvalue weighted by atomic mass is 10.1. The van der Waals surface area contributed by atoms with Gasteiger partial charge in [0.05, 0.1) is 0 Å². The molecule has 0 unspecified atom stereocenters. The minimum atomic E-state index is 0.0374. The number of carbonyl (C=O) groups is 1. The van der Waals surface area contributed by atoms with Crippen molar-refractivity contribution in [3.8, 4) is 0 Å². The van der Waals surface area contributed by atoms with E-state index in [1.165, 1.54) is 0 Å². The van der Waals surface area contributed by atoms with Crippen molar-refractivity contribution in [2.75, 3.05) is 0 Å². The van der Waals surface area contributed by atoms with Gasteiger partial charge in [-0.15, -0.1) is 0 Å². The van der Waals surface area contributed by atoms with Crippen molar-refractivity contribution in [3.63, 3.8) is 0 Å². The van der Waals surface area contributed by atoms with Crippen LogP contribution in [0.1, 0.15) is 50.7 Å². The van der Waals surface area contributed by atoms with E-state index in [2.05, 4.69) is 34.5 Å². The number of nitrogens with zero attached hydrogens (tertiary/aromatic N) is 2. The molecule has 0 spiro atoms. The van der Waals surface area contributed by atoms with Crippen LogP contribution in [0, 0.1) is 3.57 Å². The van der Waals surface area contributed by atoms with Crippen molar-refractivity contribution in [3.05, 3.63) is 27.1 Å². The quantitative estimate of drug-likeness (QED) is 0.770. The molecule has 1 aromatic rings. The van der Waals surface area contributed by atoms with Crippen LogP contribution >= 0.6 is 22.6 Å². The molecule has 0 saturated heterocycles. The second-order valence-electron chi connectivity index (χ2n) is 4.87. The Bertz CT molecular complexity index is 422. The maximum atomic E-state index is 12.6. The van der Waals surface area contributed by atoms with Crippen molar-refractivity contribution in [1.29, 1.82) is 0 Å². The Labute approximate surface area is 123 Å². The molecule has 0 bridgehead atoms. The van der Waals surface area contributed by atoms with Gasteiger partial charge in [-0.2, -0.15) is 0 Å². The van der Waals surface area contributed by atoms with Gasteiger partial charge < -0.3 is 4.90 Å². The summed E-state index contributed by atoms with van der Waals surface area (Å²) in [7, 11) is 0. The van der Waals surface area contributed by atoms with E-state index in [4.69, 9.17) is 0 Å². The normalized spacial score (nSPS) is 11.1. The van der Waals surface area contributed by atoms with Gasteiger partial charge in [0, 0.05) is 21.9 Å². The molecule has 1 amide bonds. The summed E-state index contributed by atoms with van der Waals surface area (Å²) in [4.78, 5) is 18.8. The highest BCUT2D eigenvalue weighted by Crippen LogP contribution is 2.19. The zero-order valence-corrected chi connectivity index (χ0v) is 13.9. The second-order valence-corrected chi connectivity index (χ2v) is 6.04. The van der Waals surface area contributed by atoms with E-state index < -0.39 is 0 Å². The van der Waals surface area contributed by atoms with Crippen LogP contribution in [0.2, 0.25) is 0 Å². The third-order valence-corrected chi connectivity index (χ3v) is 3.91. The maximum absolute atomic E-state index is 12.6. The molecule has 3 nitrogen and oxygen atoms in total. The van der Waals surface area contributed by atoms with E-state index in [0.29, 0.717) is 5.69 Å². The zero-order valence-electron chi connectivity index (χ0n) is 11.7. The van der Waals surface area contributed by atoms with Gasteiger partial charge in [-0.05, 0) is 68.3 Å². The van der Waals surface area contributed by atoms with Gasteiger partial charge in [0.1, 0.15) is 5.69 Å². The predicted octanol–water partition coefficient (Wildman–Crippen LogP) is 3.51. The molecular formula is C14H21IN2O. The predicted molar refractivity (Wildman–Crippen MR) is 82.8 cm³/mol. The molecule has 0 aliphatic carbocycles. The maximum Gasteiger partial charge on any atom is 0.273 e. The highest BCUT2D eigenvalue weighted by atomic mass is 127. The van der Waals surface area contributed by atoms with Gasteiger partial charge in [0.2, 0.25) is 0 Å². The molecule has 0 radical (unpaired) electrons. The molecule has 0 N–H and O–H groups in total. The second kappa shape index (κ2) is 6.50. The van der Waals surface area contributed by atoms with Crippen LogP contribution < -0.4 is 0 Å². The lowest BCUT2D eigenvalue weighted by molar-refractivity contribution is 0.0636. The number of rotatable bonds is 4. The summed E-state index contributed by atoms with van der Waals surface area (Å²) in [5.74, 6) is 0.0374. The van der Waals surface area contributed by atoms with Gasteiger partial charge in [0.15, 0.2) is 0 Å². The molecule has 0 fully saturated rings. The fourth-order valence-electron chi connectivity index (χ4n) is 2.18. The molecule has 0 aliphatic heterocycles. The van der Waals surface area contributed by atoms with Crippen LogP contribution in [0.15, 0.2) is 12.3 Å². The third kappa shape index (κ3) is 3.22. The zero-order chi connectivity index (χ0) is 13.9. The first-order valence-corrected chi connectivity index (χ1v) is 7.44. The van der Waals surface area contributed by atoms with Crippen LogP contribution in [-0.4, -0.2) is 27.9 Å². The Morgan fingerprint density at radius 1 is 1.33 bits per heavy atom. The van der Waals surface area contributed by atoms with Crippen LogP contribution in [0.3, 0.4) is 0 Å². The minimum absolute atomic E-state index is 0.0374. The van der Waals surface area contributed by atoms with E-state index in [9.17, 15) is 4.79 Å². The van der Waals surface area contributed by atoms with E-state index in [0.717, 1.165) is 15.6 Å². The van der Waals surface area contributed by atoms with E-state index in [1.807, 2.05) is 38.7 Å². The number of pyridine rings is 1. The Morgan fingerprint density at radius 3 is 2.33 bits per heavy atom. The molecule has 1 heterocycles. The standard InChI is InChI=1S/C14H21IN2O/c1-6-11-12(15)7-8-16-13(11)14(18)17(9(2)3)10(4)5/h7-10H,6H2,1-5H3. The van der Waals surface area contributed by atoms with Crippen molar-refractivity contribution < 1.29 is 4.79 Å². The van der Waals surface area contributed by atoms with E-state index in [-0.39, 0.29) is 18.0 Å². The fraction of sp³-hybridized carbons (Fsp3) is 0.571. The Hall–Kier alpha value is -0.650. The molecule has 0 atom stereocenters. The third-order valence-electron chi connectivity index (χ3n) is 2.90. The molecule has 1 aromatic heterocycles. The monoisotopic (exact) mass is 360 g/mol. The van der Waals surface area contributed by atoms with Gasteiger partial charge in [-0.3, -0.25) is 9.78 Å². The number of aromatic nitrogens is 1. The SMILES string of the molecule is CCc1c(I)ccnc1C(=O)N(C(C)C)C(C)C. The van der Waals surface area contributed by atoms with Crippen molar-refractivity contribution in [1.82, 2.24) is 9.88 Å². The highest BCUT2D eigenvalue weighted by molar-refractivity contribution is 14.1. The average molecular weight is 360 g/mol. The van der Waals surface area contributed by atoms with Crippen molar-refractivity contribution >= 4 is 28.5 Å². The Morgan fingerprint density at radius 2 is 1.89 bits per heavy atom. The summed E-state index contributed by atoms with van der Waals surface area (Å²) in [6, 6.07) is 2.31. The number of hydrogen-bond donors (Lipinski definition) is 0. The number of hydrogen-bond acceptors (Lipinski definition) is 2. The average Bonchev–Trinajstić information content (AvgIpc) is 2.27.